The standard InChI is InChI=1S/4C20H24N2O2/c4*1-3-13-12-22-9-7-14(13)10-19(22)20(23)16-6-8-21-18-5-4-15(24-2)11-17(16)18/h4*3-6,8,11,13-14,19-20,23H,1,7,9-10,12H2,2H3/t4*13-,14-,19+,20-/m0000/s1. The molecule has 0 unspecified atom stereocenters. The minimum absolute atomic E-state index is 0.178. The van der Waals surface area contributed by atoms with Gasteiger partial charge in [0.1, 0.15) is 23.0 Å². The summed E-state index contributed by atoms with van der Waals surface area (Å²) in [7, 11) is 6.65. The van der Waals surface area contributed by atoms with Gasteiger partial charge in [0.2, 0.25) is 0 Å². The Kier molecular flexibility index (Phi) is 20.6. The molecule has 16 heterocycles. The Labute approximate surface area is 565 Å². The molecule has 4 N–H and O–H groups in total. The second kappa shape index (κ2) is 29.6. The Morgan fingerprint density at radius 1 is 0.354 bits per heavy atom. The normalized spacial score (nSPS) is 30.2. The summed E-state index contributed by atoms with van der Waals surface area (Å²) in [5, 5.41) is 48.5. The van der Waals surface area contributed by atoms with Crippen LogP contribution < -0.4 is 18.9 Å². The molecule has 8 bridgehead atoms. The summed E-state index contributed by atoms with van der Waals surface area (Å²) in [6.07, 6.45) is 22.5. The lowest BCUT2D eigenvalue weighted by molar-refractivity contribution is -0.0445. The number of aromatic nitrogens is 4. The Balaban J connectivity index is 0.000000116. The molecule has 96 heavy (non-hydrogen) atoms. The largest absolute Gasteiger partial charge is 0.497 e. The molecule has 0 radical (unpaired) electrons. The molecule has 12 fully saturated rings. The molecular formula is C80H96N8O8. The molecule has 12 aliphatic rings. The highest BCUT2D eigenvalue weighted by Gasteiger charge is 2.46. The van der Waals surface area contributed by atoms with Crippen LogP contribution in [0.1, 0.15) is 98.0 Å². The second-order valence-electron chi connectivity index (χ2n) is 27.9. The van der Waals surface area contributed by atoms with Crippen LogP contribution in [0.4, 0.5) is 0 Å². The van der Waals surface area contributed by atoms with Crippen molar-refractivity contribution in [3.63, 3.8) is 0 Å². The van der Waals surface area contributed by atoms with Crippen molar-refractivity contribution in [3.8, 4) is 23.0 Å². The molecule has 20 atom stereocenters. The number of methoxy groups -OCH3 is 4. The van der Waals surface area contributed by atoms with Gasteiger partial charge in [0.15, 0.2) is 0 Å². The van der Waals surface area contributed by atoms with Crippen LogP contribution in [0.2, 0.25) is 0 Å². The number of hydrogen-bond donors (Lipinski definition) is 4. The van der Waals surface area contributed by atoms with Crippen molar-refractivity contribution in [2.75, 3.05) is 80.8 Å². The van der Waals surface area contributed by atoms with Crippen LogP contribution in [-0.2, 0) is 0 Å². The number of ether oxygens (including phenoxy) is 4. The molecule has 4 aromatic heterocycles. The van der Waals surface area contributed by atoms with Crippen molar-refractivity contribution in [1.29, 1.82) is 0 Å². The Bertz CT molecular complexity index is 3560. The molecule has 0 spiro atoms. The fraction of sp³-hybridized carbons (Fsp3) is 0.450. The monoisotopic (exact) mass is 1300 g/mol. The summed E-state index contributed by atoms with van der Waals surface area (Å²) in [6.45, 7) is 24.3. The summed E-state index contributed by atoms with van der Waals surface area (Å²) < 4.78 is 21.4. The zero-order chi connectivity index (χ0) is 66.7. The van der Waals surface area contributed by atoms with Crippen LogP contribution in [0, 0.1) is 47.3 Å². The van der Waals surface area contributed by atoms with Crippen LogP contribution in [0.3, 0.4) is 0 Å². The van der Waals surface area contributed by atoms with E-state index >= 15 is 0 Å². The van der Waals surface area contributed by atoms with E-state index < -0.39 is 24.4 Å². The zero-order valence-corrected chi connectivity index (χ0v) is 56.2. The van der Waals surface area contributed by atoms with Crippen molar-refractivity contribution < 1.29 is 39.4 Å². The quantitative estimate of drug-likeness (QED) is 0.0670. The number of aliphatic hydroxyl groups is 4. The highest BCUT2D eigenvalue weighted by Crippen LogP contribution is 2.47. The van der Waals surface area contributed by atoms with E-state index in [1.807, 2.05) is 97.1 Å². The first kappa shape index (κ1) is 67.0. The molecule has 504 valence electrons. The lowest BCUT2D eigenvalue weighted by atomic mass is 9.73. The number of pyridine rings is 4. The minimum Gasteiger partial charge on any atom is -0.497 e. The lowest BCUT2D eigenvalue weighted by Crippen LogP contribution is -2.54. The van der Waals surface area contributed by atoms with Gasteiger partial charge in [0, 0.05) is 96.7 Å². The maximum atomic E-state index is 11.2. The third kappa shape index (κ3) is 13.4. The second-order valence-corrected chi connectivity index (χ2v) is 27.9. The number of nitrogens with zero attached hydrogens (tertiary/aromatic N) is 8. The van der Waals surface area contributed by atoms with Crippen LogP contribution in [0.25, 0.3) is 43.6 Å². The van der Waals surface area contributed by atoms with Crippen molar-refractivity contribution >= 4 is 43.6 Å². The number of benzene rings is 4. The van der Waals surface area contributed by atoms with Crippen LogP contribution in [0.5, 0.6) is 23.0 Å². The van der Waals surface area contributed by atoms with Crippen molar-refractivity contribution in [2.45, 2.75) is 99.9 Å². The Morgan fingerprint density at radius 2 is 0.573 bits per heavy atom. The highest BCUT2D eigenvalue weighted by atomic mass is 16.5. The number of rotatable bonds is 16. The predicted octanol–water partition coefficient (Wildman–Crippen LogP) is 12.7. The van der Waals surface area contributed by atoms with E-state index in [0.29, 0.717) is 47.3 Å². The molecule has 12 aliphatic heterocycles. The van der Waals surface area contributed by atoms with Crippen LogP contribution in [-0.4, -0.2) is 165 Å². The maximum Gasteiger partial charge on any atom is 0.119 e. The molecule has 4 aromatic carbocycles. The molecule has 0 amide bonds. The van der Waals surface area contributed by atoms with Gasteiger partial charge in [0.05, 0.1) is 74.9 Å². The van der Waals surface area contributed by atoms with Gasteiger partial charge in [-0.15, -0.1) is 26.3 Å². The molecular weight excluding hydrogens is 1200 g/mol. The average Bonchev–Trinajstić information content (AvgIpc) is 0.819. The summed E-state index contributed by atoms with van der Waals surface area (Å²) in [4.78, 5) is 27.4. The van der Waals surface area contributed by atoms with Gasteiger partial charge in [-0.25, -0.2) is 0 Å². The van der Waals surface area contributed by atoms with E-state index in [0.717, 1.165) is 167 Å². The van der Waals surface area contributed by atoms with E-state index in [-0.39, 0.29) is 24.2 Å². The van der Waals surface area contributed by atoms with Gasteiger partial charge < -0.3 is 39.4 Å². The van der Waals surface area contributed by atoms with E-state index in [1.54, 1.807) is 53.2 Å². The zero-order valence-electron chi connectivity index (χ0n) is 56.2. The van der Waals surface area contributed by atoms with Gasteiger partial charge in [-0.05, 0) is 244 Å². The highest BCUT2D eigenvalue weighted by molar-refractivity contribution is 5.86. The number of hydrogen-bond acceptors (Lipinski definition) is 16. The van der Waals surface area contributed by atoms with Gasteiger partial charge >= 0.3 is 0 Å². The molecule has 12 saturated heterocycles. The molecule has 8 aromatic rings. The first-order valence-electron chi connectivity index (χ1n) is 34.7. The Morgan fingerprint density at radius 3 is 0.750 bits per heavy atom. The van der Waals surface area contributed by atoms with Gasteiger partial charge in [-0.2, -0.15) is 0 Å². The molecule has 16 heteroatoms. The summed E-state index contributed by atoms with van der Waals surface area (Å²) >= 11 is 0. The average molecular weight is 1300 g/mol. The maximum absolute atomic E-state index is 11.2. The van der Waals surface area contributed by atoms with Crippen molar-refractivity contribution in [1.82, 2.24) is 39.5 Å². The molecule has 20 rings (SSSR count). The molecule has 0 saturated carbocycles. The first-order valence-corrected chi connectivity index (χ1v) is 34.7. The third-order valence-electron chi connectivity index (χ3n) is 23.3. The van der Waals surface area contributed by atoms with Gasteiger partial charge in [0.25, 0.3) is 0 Å². The fourth-order valence-corrected chi connectivity index (χ4v) is 17.8. The van der Waals surface area contributed by atoms with Crippen LogP contribution >= 0.6 is 0 Å². The van der Waals surface area contributed by atoms with E-state index in [1.165, 1.54) is 25.7 Å². The SMILES string of the molecule is C=C[C@H]1C[N@]2CC[C@H]1C[C@@H]2[C@@H](O)c1ccnc2ccc(OC)cc12.C=C[C@H]1C[N@]2CC[C@H]1C[C@@H]2[C@@H](O)c1ccnc2ccc(OC)cc12.C=C[C@H]1C[N@]2CC[C@H]1C[C@@H]2[C@@H](O)c1ccnc2ccc(OC)cc12.C=C[C@H]1C[N@]2CC[C@H]1C[C@@H]2[C@@H](O)c1ccnc2ccc(OC)cc12. The minimum atomic E-state index is -0.504. The smallest absolute Gasteiger partial charge is 0.119 e. The number of piperidine rings is 12. The van der Waals surface area contributed by atoms with E-state index in [2.05, 4.69) is 90.2 Å². The summed E-state index contributed by atoms with van der Waals surface area (Å²) in [6, 6.07) is 31.8. The van der Waals surface area contributed by atoms with Gasteiger partial charge in [-0.3, -0.25) is 39.5 Å². The molecule has 16 nitrogen and oxygen atoms in total. The van der Waals surface area contributed by atoms with Crippen molar-refractivity contribution in [2.24, 2.45) is 47.3 Å². The van der Waals surface area contributed by atoms with E-state index in [9.17, 15) is 20.4 Å². The summed E-state index contributed by atoms with van der Waals surface area (Å²) in [5.74, 6) is 8.03. The summed E-state index contributed by atoms with van der Waals surface area (Å²) in [5.41, 5.74) is 7.38. The fourth-order valence-electron chi connectivity index (χ4n) is 17.8. The Hall–Kier alpha value is -7.64. The van der Waals surface area contributed by atoms with Crippen molar-refractivity contribution in [3.05, 3.63) is 195 Å². The topological polar surface area (TPSA) is 182 Å². The van der Waals surface area contributed by atoms with E-state index in [4.69, 9.17) is 18.9 Å². The predicted molar refractivity (Wildman–Crippen MR) is 380 cm³/mol. The van der Waals surface area contributed by atoms with Crippen LogP contribution in [0.15, 0.2) is 172 Å². The number of fused-ring (bicyclic) bond motifs is 16. The first-order chi connectivity index (χ1) is 46.8. The third-order valence-corrected chi connectivity index (χ3v) is 23.3. The van der Waals surface area contributed by atoms with Gasteiger partial charge in [-0.1, -0.05) is 24.3 Å². The number of aliphatic hydroxyl groups excluding tert-OH is 4. The lowest BCUT2D eigenvalue weighted by Gasteiger charge is -2.50. The molecule has 0 aliphatic carbocycles.